The van der Waals surface area contributed by atoms with Gasteiger partial charge in [-0.05, 0) is 81.0 Å². The monoisotopic (exact) mass is 336 g/mol. The molecule has 0 aromatic carbocycles. The minimum Gasteiger partial charge on any atom is -0.0996 e. The van der Waals surface area contributed by atoms with Gasteiger partial charge in [-0.2, -0.15) is 0 Å². The van der Waals surface area contributed by atoms with Crippen LogP contribution in [0.1, 0.15) is 72.1 Å². The Bertz CT molecular complexity index is 630. The van der Waals surface area contributed by atoms with E-state index in [0.29, 0.717) is 5.41 Å². The van der Waals surface area contributed by atoms with E-state index >= 15 is 0 Å². The van der Waals surface area contributed by atoms with Crippen molar-refractivity contribution in [1.82, 2.24) is 0 Å². The van der Waals surface area contributed by atoms with Crippen molar-refractivity contribution in [2.45, 2.75) is 72.1 Å². The molecule has 0 bridgehead atoms. The first-order valence-electron chi connectivity index (χ1n) is 10.8. The van der Waals surface area contributed by atoms with Crippen molar-refractivity contribution in [3.8, 4) is 0 Å². The molecule has 25 heavy (non-hydrogen) atoms. The molecule has 0 aliphatic heterocycles. The first-order chi connectivity index (χ1) is 12.0. The van der Waals surface area contributed by atoms with E-state index in [4.69, 9.17) is 0 Å². The quantitative estimate of drug-likeness (QED) is 0.476. The summed E-state index contributed by atoms with van der Waals surface area (Å²) in [6.07, 6.45) is 20.6. The minimum atomic E-state index is 0.539. The molecule has 136 valence electrons. The van der Waals surface area contributed by atoms with Crippen molar-refractivity contribution in [2.24, 2.45) is 35.0 Å². The molecule has 3 fully saturated rings. The zero-order valence-corrected chi connectivity index (χ0v) is 16.6. The first-order valence-corrected chi connectivity index (χ1v) is 10.8. The smallest absolute Gasteiger partial charge is 0.00141 e. The third kappa shape index (κ3) is 2.81. The van der Waals surface area contributed by atoms with Crippen molar-refractivity contribution in [1.29, 1.82) is 0 Å². The van der Waals surface area contributed by atoms with Crippen molar-refractivity contribution < 1.29 is 0 Å². The number of hydrogen-bond donors (Lipinski definition) is 0. The van der Waals surface area contributed by atoms with Crippen LogP contribution in [0.15, 0.2) is 47.6 Å². The fourth-order valence-electron chi connectivity index (χ4n) is 7.22. The summed E-state index contributed by atoms with van der Waals surface area (Å²) >= 11 is 0. The number of rotatable bonds is 3. The van der Waals surface area contributed by atoms with Gasteiger partial charge in [-0.25, -0.2) is 0 Å². The Balaban J connectivity index is 1.58. The largest absolute Gasteiger partial charge is 0.0996 e. The zero-order chi connectivity index (χ0) is 17.6. The molecular formula is C25H36. The van der Waals surface area contributed by atoms with Gasteiger partial charge in [-0.3, -0.25) is 0 Å². The molecule has 0 aromatic rings. The highest BCUT2D eigenvalue weighted by Gasteiger charge is 2.55. The van der Waals surface area contributed by atoms with Crippen LogP contribution in [0.2, 0.25) is 0 Å². The molecule has 4 rings (SSSR count). The summed E-state index contributed by atoms with van der Waals surface area (Å²) in [5.74, 6) is 4.30. The Kier molecular flexibility index (Phi) is 4.59. The van der Waals surface area contributed by atoms with Gasteiger partial charge in [0.25, 0.3) is 0 Å². The van der Waals surface area contributed by atoms with E-state index in [-0.39, 0.29) is 0 Å². The maximum Gasteiger partial charge on any atom is 0.00141 e. The van der Waals surface area contributed by atoms with Crippen LogP contribution in [-0.2, 0) is 0 Å². The van der Waals surface area contributed by atoms with Crippen molar-refractivity contribution >= 4 is 0 Å². The minimum absolute atomic E-state index is 0.539. The summed E-state index contributed by atoms with van der Waals surface area (Å²) in [5, 5.41) is 0. The Morgan fingerprint density at radius 2 is 2.04 bits per heavy atom. The SMILES string of the molecule is C=C(CCC)[C@H]1CCC2C3CCC4=CC(C)=CC=C[C@H]4C3CC[C@@]21C. The second kappa shape index (κ2) is 6.60. The standard InChI is InChI=1S/C25H36/c1-5-7-18(3)23-12-13-24-22-11-10-19-16-17(2)8-6-9-20(19)21(22)14-15-25(23,24)4/h6,8-9,16,20-24H,3,5,7,10-15H2,1-2,4H3/t20-,21?,22?,23-,24?,25-/m1/s1. The van der Waals surface area contributed by atoms with Crippen LogP contribution < -0.4 is 0 Å². The molecule has 0 heteroatoms. The van der Waals surface area contributed by atoms with Crippen LogP contribution in [-0.4, -0.2) is 0 Å². The van der Waals surface area contributed by atoms with Gasteiger partial charge in [0, 0.05) is 5.92 Å². The molecule has 0 saturated heterocycles. The maximum atomic E-state index is 4.53. The third-order valence-corrected chi connectivity index (χ3v) is 8.30. The summed E-state index contributed by atoms with van der Waals surface area (Å²) in [6, 6.07) is 0. The lowest BCUT2D eigenvalue weighted by molar-refractivity contribution is -0.00478. The van der Waals surface area contributed by atoms with E-state index < -0.39 is 0 Å². The lowest BCUT2D eigenvalue weighted by Crippen LogP contribution is -2.45. The van der Waals surface area contributed by atoms with Gasteiger partial charge in [0.1, 0.15) is 0 Å². The fourth-order valence-corrected chi connectivity index (χ4v) is 7.22. The molecule has 0 aromatic heterocycles. The van der Waals surface area contributed by atoms with E-state index in [2.05, 4.69) is 51.7 Å². The van der Waals surface area contributed by atoms with Gasteiger partial charge < -0.3 is 0 Å². The molecule has 3 saturated carbocycles. The summed E-state index contributed by atoms with van der Waals surface area (Å²) in [4.78, 5) is 0. The summed E-state index contributed by atoms with van der Waals surface area (Å²) in [7, 11) is 0. The molecule has 0 nitrogen and oxygen atoms in total. The second-order valence-corrected chi connectivity index (χ2v) is 9.60. The van der Waals surface area contributed by atoms with Crippen LogP contribution in [0.4, 0.5) is 0 Å². The molecule has 0 spiro atoms. The number of allylic oxidation sites excluding steroid dienone is 7. The van der Waals surface area contributed by atoms with E-state index in [1.54, 1.807) is 11.1 Å². The average Bonchev–Trinajstić information content (AvgIpc) is 2.82. The second-order valence-electron chi connectivity index (χ2n) is 9.60. The molecule has 0 N–H and O–H groups in total. The van der Waals surface area contributed by atoms with Gasteiger partial charge in [0.05, 0.1) is 0 Å². The van der Waals surface area contributed by atoms with E-state index in [1.807, 2.05) is 0 Å². The molecular weight excluding hydrogens is 300 g/mol. The van der Waals surface area contributed by atoms with Gasteiger partial charge in [-0.1, -0.05) is 67.9 Å². The van der Waals surface area contributed by atoms with Gasteiger partial charge in [-0.15, -0.1) is 0 Å². The average molecular weight is 337 g/mol. The van der Waals surface area contributed by atoms with Crippen LogP contribution in [0.3, 0.4) is 0 Å². The fraction of sp³-hybridized carbons (Fsp3) is 0.680. The summed E-state index contributed by atoms with van der Waals surface area (Å²) in [5.41, 5.74) is 5.26. The molecule has 0 amide bonds. The van der Waals surface area contributed by atoms with Crippen molar-refractivity contribution in [3.63, 3.8) is 0 Å². The van der Waals surface area contributed by atoms with Gasteiger partial charge in [0.15, 0.2) is 0 Å². The summed E-state index contributed by atoms with van der Waals surface area (Å²) in [6.45, 7) is 11.7. The van der Waals surface area contributed by atoms with E-state index in [1.165, 1.54) is 56.9 Å². The third-order valence-electron chi connectivity index (χ3n) is 8.30. The molecule has 3 unspecified atom stereocenters. The zero-order valence-electron chi connectivity index (χ0n) is 16.6. The number of hydrogen-bond acceptors (Lipinski definition) is 0. The highest BCUT2D eigenvalue weighted by Crippen LogP contribution is 2.64. The van der Waals surface area contributed by atoms with Crippen LogP contribution in [0, 0.1) is 35.0 Å². The van der Waals surface area contributed by atoms with Crippen molar-refractivity contribution in [2.75, 3.05) is 0 Å². The van der Waals surface area contributed by atoms with Gasteiger partial charge in [0.2, 0.25) is 0 Å². The molecule has 6 atom stereocenters. The Labute approximate surface area is 155 Å². The molecule has 4 aliphatic rings. The predicted molar refractivity (Wildman–Crippen MR) is 108 cm³/mol. The van der Waals surface area contributed by atoms with Crippen LogP contribution >= 0.6 is 0 Å². The summed E-state index contributed by atoms with van der Waals surface area (Å²) < 4.78 is 0. The van der Waals surface area contributed by atoms with Crippen LogP contribution in [0.5, 0.6) is 0 Å². The molecule has 4 aliphatic carbocycles. The van der Waals surface area contributed by atoms with Crippen molar-refractivity contribution in [3.05, 3.63) is 47.6 Å². The van der Waals surface area contributed by atoms with Gasteiger partial charge >= 0.3 is 0 Å². The Hall–Kier alpha value is -1.04. The first kappa shape index (κ1) is 17.4. The highest BCUT2D eigenvalue weighted by atomic mass is 14.6. The van der Waals surface area contributed by atoms with E-state index in [0.717, 1.165) is 29.6 Å². The highest BCUT2D eigenvalue weighted by molar-refractivity contribution is 5.35. The number of fused-ring (bicyclic) bond motifs is 5. The normalized spacial score (nSPS) is 42.6. The lowest BCUT2D eigenvalue weighted by atomic mass is 9.51. The molecule has 0 radical (unpaired) electrons. The lowest BCUT2D eigenvalue weighted by Gasteiger charge is -2.53. The Morgan fingerprint density at radius 1 is 1.20 bits per heavy atom. The predicted octanol–water partition coefficient (Wildman–Crippen LogP) is 7.25. The maximum absolute atomic E-state index is 4.53. The van der Waals surface area contributed by atoms with E-state index in [9.17, 15) is 0 Å². The molecule has 0 heterocycles. The van der Waals surface area contributed by atoms with Crippen LogP contribution in [0.25, 0.3) is 0 Å². The topological polar surface area (TPSA) is 0 Å². The Morgan fingerprint density at radius 3 is 2.84 bits per heavy atom.